The standard InChI is InChI=1S/C19H27N3O3/c1-3-5-11-21-18(23)17(22-19(24)25-12-6-4-2)13-15-7-9-16(14-20)10-8-15/h7-10,17H,3-6,11-13H2,1-2H3,(H,21,23)(H,22,24)/t17-/m0/s1. The Labute approximate surface area is 149 Å². The van der Waals surface area contributed by atoms with Gasteiger partial charge in [-0.2, -0.15) is 5.26 Å². The fraction of sp³-hybridized carbons (Fsp3) is 0.526. The highest BCUT2D eigenvalue weighted by Crippen LogP contribution is 2.07. The van der Waals surface area contributed by atoms with Gasteiger partial charge in [0.2, 0.25) is 5.91 Å². The third-order valence-corrected chi connectivity index (χ3v) is 3.69. The lowest BCUT2D eigenvalue weighted by Gasteiger charge is -2.18. The normalized spacial score (nSPS) is 11.2. The Morgan fingerprint density at radius 3 is 2.44 bits per heavy atom. The second-order valence-corrected chi connectivity index (χ2v) is 5.84. The minimum Gasteiger partial charge on any atom is -0.450 e. The van der Waals surface area contributed by atoms with Crippen LogP contribution in [-0.4, -0.2) is 31.2 Å². The number of amides is 2. The number of nitrogens with zero attached hydrogens (tertiary/aromatic N) is 1. The molecule has 0 saturated carbocycles. The zero-order chi connectivity index (χ0) is 18.5. The summed E-state index contributed by atoms with van der Waals surface area (Å²) in [6.45, 7) is 4.97. The van der Waals surface area contributed by atoms with Crippen molar-refractivity contribution in [1.29, 1.82) is 5.26 Å². The highest BCUT2D eigenvalue weighted by atomic mass is 16.5. The minimum absolute atomic E-state index is 0.231. The number of alkyl carbamates (subject to hydrolysis) is 1. The van der Waals surface area contributed by atoms with E-state index in [1.807, 2.05) is 13.8 Å². The van der Waals surface area contributed by atoms with Gasteiger partial charge in [-0.3, -0.25) is 4.79 Å². The van der Waals surface area contributed by atoms with E-state index in [1.54, 1.807) is 24.3 Å². The van der Waals surface area contributed by atoms with E-state index in [0.717, 1.165) is 31.2 Å². The van der Waals surface area contributed by atoms with Gasteiger partial charge in [0.15, 0.2) is 0 Å². The van der Waals surface area contributed by atoms with Gasteiger partial charge < -0.3 is 15.4 Å². The average Bonchev–Trinajstić information content (AvgIpc) is 2.62. The van der Waals surface area contributed by atoms with Gasteiger partial charge in [-0.05, 0) is 30.5 Å². The predicted molar refractivity (Wildman–Crippen MR) is 96.0 cm³/mol. The molecule has 0 spiro atoms. The van der Waals surface area contributed by atoms with E-state index >= 15 is 0 Å². The van der Waals surface area contributed by atoms with Gasteiger partial charge in [-0.1, -0.05) is 38.8 Å². The molecule has 136 valence electrons. The molecule has 0 heterocycles. The van der Waals surface area contributed by atoms with E-state index in [1.165, 1.54) is 0 Å². The van der Waals surface area contributed by atoms with Crippen molar-refractivity contribution in [2.75, 3.05) is 13.2 Å². The van der Waals surface area contributed by atoms with Crippen molar-refractivity contribution in [2.24, 2.45) is 0 Å². The lowest BCUT2D eigenvalue weighted by Crippen LogP contribution is -2.48. The zero-order valence-corrected chi connectivity index (χ0v) is 15.0. The van der Waals surface area contributed by atoms with Crippen molar-refractivity contribution in [1.82, 2.24) is 10.6 Å². The van der Waals surface area contributed by atoms with Crippen LogP contribution in [0.4, 0.5) is 4.79 Å². The number of benzene rings is 1. The Morgan fingerprint density at radius 1 is 1.16 bits per heavy atom. The quantitative estimate of drug-likeness (QED) is 0.638. The smallest absolute Gasteiger partial charge is 0.407 e. The molecule has 0 aliphatic carbocycles. The summed E-state index contributed by atoms with van der Waals surface area (Å²) in [6, 6.07) is 8.31. The molecule has 0 unspecified atom stereocenters. The largest absolute Gasteiger partial charge is 0.450 e. The first-order valence-electron chi connectivity index (χ1n) is 8.80. The molecule has 1 aromatic carbocycles. The second-order valence-electron chi connectivity index (χ2n) is 5.84. The average molecular weight is 345 g/mol. The second kappa shape index (κ2) is 11.9. The fourth-order valence-corrected chi connectivity index (χ4v) is 2.17. The summed E-state index contributed by atoms with van der Waals surface area (Å²) >= 11 is 0. The molecule has 0 bridgehead atoms. The van der Waals surface area contributed by atoms with E-state index < -0.39 is 12.1 Å². The van der Waals surface area contributed by atoms with Gasteiger partial charge in [0.1, 0.15) is 6.04 Å². The Morgan fingerprint density at radius 2 is 1.84 bits per heavy atom. The molecule has 0 aliphatic heterocycles. The molecule has 25 heavy (non-hydrogen) atoms. The molecule has 6 nitrogen and oxygen atoms in total. The molecule has 1 rings (SSSR count). The Hall–Kier alpha value is -2.55. The van der Waals surface area contributed by atoms with Gasteiger partial charge in [-0.25, -0.2) is 4.79 Å². The molecular weight excluding hydrogens is 318 g/mol. The van der Waals surface area contributed by atoms with Gasteiger partial charge in [0, 0.05) is 13.0 Å². The molecule has 0 aromatic heterocycles. The van der Waals surface area contributed by atoms with Crippen LogP contribution < -0.4 is 10.6 Å². The van der Waals surface area contributed by atoms with Gasteiger partial charge in [0.05, 0.1) is 18.2 Å². The molecule has 0 aliphatic rings. The summed E-state index contributed by atoms with van der Waals surface area (Å²) in [5.41, 5.74) is 1.42. The SMILES string of the molecule is CCCCNC(=O)[C@H](Cc1ccc(C#N)cc1)NC(=O)OCCCC. The molecule has 6 heteroatoms. The number of nitrogens with one attached hydrogen (secondary N) is 2. The summed E-state index contributed by atoms with van der Waals surface area (Å²) < 4.78 is 5.09. The summed E-state index contributed by atoms with van der Waals surface area (Å²) in [6.07, 6.45) is 3.34. The van der Waals surface area contributed by atoms with Crippen LogP contribution >= 0.6 is 0 Å². The van der Waals surface area contributed by atoms with Gasteiger partial charge in [-0.15, -0.1) is 0 Å². The Kier molecular flexibility index (Phi) is 9.76. The first-order chi connectivity index (χ1) is 12.1. The van der Waals surface area contributed by atoms with E-state index in [9.17, 15) is 9.59 Å². The topological polar surface area (TPSA) is 91.2 Å². The van der Waals surface area contributed by atoms with Crippen LogP contribution in [0, 0.1) is 11.3 Å². The fourth-order valence-electron chi connectivity index (χ4n) is 2.17. The Bertz CT molecular complexity index is 579. The third kappa shape index (κ3) is 8.20. The van der Waals surface area contributed by atoms with Crippen LogP contribution in [0.1, 0.15) is 50.7 Å². The first kappa shape index (κ1) is 20.5. The molecule has 1 atom stereocenters. The maximum atomic E-state index is 12.4. The summed E-state index contributed by atoms with van der Waals surface area (Å²) in [5.74, 6) is -0.231. The highest BCUT2D eigenvalue weighted by molar-refractivity contribution is 5.85. The van der Waals surface area contributed by atoms with Crippen LogP contribution in [0.2, 0.25) is 0 Å². The maximum Gasteiger partial charge on any atom is 0.407 e. The molecule has 0 saturated heterocycles. The monoisotopic (exact) mass is 345 g/mol. The van der Waals surface area contributed by atoms with E-state index in [0.29, 0.717) is 25.1 Å². The van der Waals surface area contributed by atoms with Crippen molar-refractivity contribution in [3.8, 4) is 6.07 Å². The number of carbonyl (C=O) groups excluding carboxylic acids is 2. The summed E-state index contributed by atoms with van der Waals surface area (Å²) in [5, 5.41) is 14.3. The first-order valence-corrected chi connectivity index (χ1v) is 8.80. The third-order valence-electron chi connectivity index (χ3n) is 3.69. The van der Waals surface area contributed by atoms with E-state index in [-0.39, 0.29) is 5.91 Å². The van der Waals surface area contributed by atoms with E-state index in [4.69, 9.17) is 10.00 Å². The van der Waals surface area contributed by atoms with Crippen LogP contribution in [0.3, 0.4) is 0 Å². The molecule has 2 amide bonds. The highest BCUT2D eigenvalue weighted by Gasteiger charge is 2.21. The van der Waals surface area contributed by atoms with Crippen LogP contribution in [-0.2, 0) is 16.0 Å². The lowest BCUT2D eigenvalue weighted by atomic mass is 10.0. The van der Waals surface area contributed by atoms with Gasteiger partial charge in [0.25, 0.3) is 0 Å². The molecule has 1 aromatic rings. The number of rotatable bonds is 10. The molecule has 2 N–H and O–H groups in total. The number of hydrogen-bond donors (Lipinski definition) is 2. The van der Waals surface area contributed by atoms with Gasteiger partial charge >= 0.3 is 6.09 Å². The van der Waals surface area contributed by atoms with Crippen LogP contribution in [0.15, 0.2) is 24.3 Å². The Balaban J connectivity index is 2.70. The zero-order valence-electron chi connectivity index (χ0n) is 15.0. The van der Waals surface area contributed by atoms with E-state index in [2.05, 4.69) is 16.7 Å². The maximum absolute atomic E-state index is 12.4. The molecular formula is C19H27N3O3. The van der Waals surface area contributed by atoms with Crippen LogP contribution in [0.25, 0.3) is 0 Å². The number of nitriles is 1. The summed E-state index contributed by atoms with van der Waals surface area (Å²) in [7, 11) is 0. The number of carbonyl (C=O) groups is 2. The lowest BCUT2D eigenvalue weighted by molar-refractivity contribution is -0.123. The van der Waals surface area contributed by atoms with Crippen molar-refractivity contribution in [3.63, 3.8) is 0 Å². The molecule has 0 radical (unpaired) electrons. The summed E-state index contributed by atoms with van der Waals surface area (Å²) in [4.78, 5) is 24.3. The number of hydrogen-bond acceptors (Lipinski definition) is 4. The van der Waals surface area contributed by atoms with Crippen molar-refractivity contribution < 1.29 is 14.3 Å². The van der Waals surface area contributed by atoms with Crippen molar-refractivity contribution >= 4 is 12.0 Å². The number of unbranched alkanes of at least 4 members (excludes halogenated alkanes) is 2. The van der Waals surface area contributed by atoms with Crippen molar-refractivity contribution in [2.45, 2.75) is 52.0 Å². The van der Waals surface area contributed by atoms with Crippen molar-refractivity contribution in [3.05, 3.63) is 35.4 Å². The predicted octanol–water partition coefficient (Wildman–Crippen LogP) is 2.91. The number of ether oxygens (including phenoxy) is 1. The minimum atomic E-state index is -0.709. The molecule has 0 fully saturated rings. The van der Waals surface area contributed by atoms with Crippen LogP contribution in [0.5, 0.6) is 0 Å².